The van der Waals surface area contributed by atoms with Gasteiger partial charge in [0.2, 0.25) is 5.24 Å². The van der Waals surface area contributed by atoms with E-state index in [0.29, 0.717) is 0 Å². The van der Waals surface area contributed by atoms with E-state index in [0.717, 1.165) is 0 Å². The Bertz CT molecular complexity index is 419. The van der Waals surface area contributed by atoms with Gasteiger partial charge in [0.1, 0.15) is 12.2 Å². The predicted molar refractivity (Wildman–Crippen MR) is 60.5 cm³/mol. The second-order valence-corrected chi connectivity index (χ2v) is 4.54. The Kier molecular flexibility index (Phi) is 4.57. The highest BCUT2D eigenvalue weighted by atomic mass is 35.5. The molecule has 2 heterocycles. The fraction of sp³-hybridized carbons (Fsp3) is 0.778. The van der Waals surface area contributed by atoms with Crippen molar-refractivity contribution < 1.29 is 33.7 Å². The van der Waals surface area contributed by atoms with Gasteiger partial charge in [0.05, 0.1) is 19.8 Å². The van der Waals surface area contributed by atoms with Gasteiger partial charge < -0.3 is 24.4 Å². The summed E-state index contributed by atoms with van der Waals surface area (Å²) < 4.78 is 15.5. The minimum Gasteiger partial charge on any atom is -0.441 e. The Hall–Kier alpha value is -1.65. The first kappa shape index (κ1) is 14.8. The summed E-state index contributed by atoms with van der Waals surface area (Å²) in [5.74, 6) is 0. The normalized spacial score (nSPS) is 31.4. The SMILES string of the molecule is O=C(Cl)CNC(=O)O[C@H]1CO[C@H]2[C@@H]1OC[C@H]2O[N+](=O)[O-]. The molecule has 2 fully saturated rings. The van der Waals surface area contributed by atoms with Crippen LogP contribution in [0.5, 0.6) is 0 Å². The van der Waals surface area contributed by atoms with Crippen molar-refractivity contribution in [2.24, 2.45) is 0 Å². The number of fused-ring (bicyclic) bond motifs is 1. The third-order valence-electron chi connectivity index (χ3n) is 2.81. The molecule has 0 aliphatic carbocycles. The van der Waals surface area contributed by atoms with Gasteiger partial charge in [0.25, 0.3) is 5.09 Å². The summed E-state index contributed by atoms with van der Waals surface area (Å²) in [5, 5.41) is 10.8. The standard InChI is InChI=1S/C9H11ClN2O8/c10-6(13)1-11-9(14)19-4-2-17-8-5(20-12(15)16)3-18-7(4)8/h4-5,7-8H,1-3H2,(H,11,14)/t4-,5+,7+,8+/m0/s1. The molecule has 112 valence electrons. The molecule has 11 heteroatoms. The van der Waals surface area contributed by atoms with E-state index in [1.807, 2.05) is 0 Å². The number of carbonyl (C=O) groups excluding carboxylic acids is 2. The van der Waals surface area contributed by atoms with Crippen LogP contribution in [0.4, 0.5) is 4.79 Å². The average Bonchev–Trinajstić information content (AvgIpc) is 2.91. The van der Waals surface area contributed by atoms with Crippen LogP contribution in [0.1, 0.15) is 0 Å². The van der Waals surface area contributed by atoms with Gasteiger partial charge in [0.15, 0.2) is 12.2 Å². The number of rotatable bonds is 5. The minimum absolute atomic E-state index is 0.0230. The largest absolute Gasteiger partial charge is 0.441 e. The van der Waals surface area contributed by atoms with Crippen LogP contribution >= 0.6 is 11.6 Å². The van der Waals surface area contributed by atoms with E-state index in [1.165, 1.54) is 0 Å². The minimum atomic E-state index is -0.924. The molecule has 2 aliphatic heterocycles. The number of alkyl carbamates (subject to hydrolysis) is 1. The van der Waals surface area contributed by atoms with Crippen molar-refractivity contribution in [3.8, 4) is 0 Å². The lowest BCUT2D eigenvalue weighted by Gasteiger charge is -2.16. The summed E-state index contributed by atoms with van der Waals surface area (Å²) >= 11 is 5.06. The molecular weight excluding hydrogens is 300 g/mol. The maximum absolute atomic E-state index is 11.4. The van der Waals surface area contributed by atoms with Crippen LogP contribution in [0.2, 0.25) is 0 Å². The molecule has 0 aromatic rings. The Morgan fingerprint density at radius 2 is 1.90 bits per heavy atom. The number of nitrogens with zero attached hydrogens (tertiary/aromatic N) is 1. The third-order valence-corrected chi connectivity index (χ3v) is 2.95. The van der Waals surface area contributed by atoms with E-state index >= 15 is 0 Å². The van der Waals surface area contributed by atoms with Crippen molar-refractivity contribution in [1.82, 2.24) is 5.32 Å². The van der Waals surface area contributed by atoms with Gasteiger partial charge >= 0.3 is 6.09 Å². The quantitative estimate of drug-likeness (QED) is 0.398. The number of hydrogen-bond acceptors (Lipinski definition) is 8. The molecule has 2 aliphatic rings. The molecule has 1 amide bonds. The molecule has 0 aromatic heterocycles. The lowest BCUT2D eigenvalue weighted by Crippen LogP contribution is -2.38. The van der Waals surface area contributed by atoms with Crippen LogP contribution in [0.25, 0.3) is 0 Å². The van der Waals surface area contributed by atoms with Gasteiger partial charge in [-0.1, -0.05) is 0 Å². The number of nitrogens with one attached hydrogen (secondary N) is 1. The lowest BCUT2D eigenvalue weighted by atomic mass is 10.1. The van der Waals surface area contributed by atoms with E-state index < -0.39 is 40.8 Å². The predicted octanol–water partition coefficient (Wildman–Crippen LogP) is -0.779. The van der Waals surface area contributed by atoms with Gasteiger partial charge in [-0.25, -0.2) is 4.79 Å². The number of hydrogen-bond donors (Lipinski definition) is 1. The molecule has 0 bridgehead atoms. The second kappa shape index (κ2) is 6.20. The molecule has 20 heavy (non-hydrogen) atoms. The highest BCUT2D eigenvalue weighted by molar-refractivity contribution is 6.64. The van der Waals surface area contributed by atoms with Crippen molar-refractivity contribution in [3.63, 3.8) is 0 Å². The zero-order valence-corrected chi connectivity index (χ0v) is 10.8. The van der Waals surface area contributed by atoms with Gasteiger partial charge in [-0.15, -0.1) is 10.1 Å². The number of carbonyl (C=O) groups is 2. The summed E-state index contributed by atoms with van der Waals surface area (Å²) in [6.07, 6.45) is -3.75. The van der Waals surface area contributed by atoms with Crippen LogP contribution in [-0.2, 0) is 23.8 Å². The van der Waals surface area contributed by atoms with Gasteiger partial charge in [0, 0.05) is 0 Å². The molecule has 0 spiro atoms. The van der Waals surface area contributed by atoms with E-state index in [1.54, 1.807) is 0 Å². The number of amides is 1. The van der Waals surface area contributed by atoms with Crippen LogP contribution < -0.4 is 5.32 Å². The van der Waals surface area contributed by atoms with E-state index in [4.69, 9.17) is 25.8 Å². The lowest BCUT2D eigenvalue weighted by molar-refractivity contribution is -0.769. The summed E-state index contributed by atoms with van der Waals surface area (Å²) in [6.45, 7) is -0.372. The van der Waals surface area contributed by atoms with Crippen molar-refractivity contribution >= 4 is 22.9 Å². The molecule has 0 radical (unpaired) electrons. The zero-order chi connectivity index (χ0) is 14.7. The second-order valence-electron chi connectivity index (χ2n) is 4.12. The van der Waals surface area contributed by atoms with Gasteiger partial charge in [-0.05, 0) is 11.6 Å². The highest BCUT2D eigenvalue weighted by Crippen LogP contribution is 2.30. The Labute approximate surface area is 117 Å². The maximum Gasteiger partial charge on any atom is 0.408 e. The van der Waals surface area contributed by atoms with Crippen LogP contribution in [0.3, 0.4) is 0 Å². The highest BCUT2D eigenvalue weighted by Gasteiger charge is 2.51. The molecule has 4 atom stereocenters. The summed E-state index contributed by atoms with van der Waals surface area (Å²) in [7, 11) is 0. The van der Waals surface area contributed by atoms with Crippen LogP contribution in [0, 0.1) is 10.1 Å². The Balaban J connectivity index is 1.83. The smallest absolute Gasteiger partial charge is 0.408 e. The van der Waals surface area contributed by atoms with Crippen molar-refractivity contribution in [2.75, 3.05) is 19.8 Å². The van der Waals surface area contributed by atoms with E-state index in [9.17, 15) is 19.7 Å². The summed E-state index contributed by atoms with van der Waals surface area (Å²) in [6, 6.07) is 0. The molecule has 10 nitrogen and oxygen atoms in total. The molecule has 0 unspecified atom stereocenters. The van der Waals surface area contributed by atoms with E-state index in [-0.39, 0.29) is 19.8 Å². The molecule has 1 N–H and O–H groups in total. The maximum atomic E-state index is 11.4. The van der Waals surface area contributed by atoms with E-state index in [2.05, 4.69) is 10.2 Å². The van der Waals surface area contributed by atoms with Crippen LogP contribution in [-0.4, -0.2) is 60.6 Å². The third kappa shape index (κ3) is 3.46. The fourth-order valence-electron chi connectivity index (χ4n) is 2.05. The molecule has 0 aromatic carbocycles. The summed E-state index contributed by atoms with van der Waals surface area (Å²) in [4.78, 5) is 36.5. The Morgan fingerprint density at radius 1 is 1.30 bits per heavy atom. The van der Waals surface area contributed by atoms with Crippen molar-refractivity contribution in [1.29, 1.82) is 0 Å². The Morgan fingerprint density at radius 3 is 2.50 bits per heavy atom. The number of ether oxygens (including phenoxy) is 3. The van der Waals surface area contributed by atoms with Gasteiger partial charge in [-0.3, -0.25) is 4.79 Å². The van der Waals surface area contributed by atoms with Gasteiger partial charge in [-0.2, -0.15) is 0 Å². The van der Waals surface area contributed by atoms with Crippen LogP contribution in [0.15, 0.2) is 0 Å². The first-order valence-electron chi connectivity index (χ1n) is 5.64. The zero-order valence-electron chi connectivity index (χ0n) is 10.0. The molecule has 0 saturated carbocycles. The average molecular weight is 311 g/mol. The summed E-state index contributed by atoms with van der Waals surface area (Å²) in [5.41, 5.74) is 0. The first-order valence-corrected chi connectivity index (χ1v) is 6.02. The first-order chi connectivity index (χ1) is 9.47. The molecule has 2 rings (SSSR count). The molecular formula is C9H11ClN2O8. The fourth-order valence-corrected chi connectivity index (χ4v) is 2.12. The topological polar surface area (TPSA) is 126 Å². The molecule has 2 saturated heterocycles. The van der Waals surface area contributed by atoms with Crippen molar-refractivity contribution in [3.05, 3.63) is 10.1 Å². The monoisotopic (exact) mass is 310 g/mol. The van der Waals surface area contributed by atoms with Crippen molar-refractivity contribution in [2.45, 2.75) is 24.4 Å². The number of halogens is 1.